The second-order valence-electron chi connectivity index (χ2n) is 9.26. The van der Waals surface area contributed by atoms with Crippen molar-refractivity contribution >= 4 is 23.5 Å². The highest BCUT2D eigenvalue weighted by atomic mass is 16.5. The fourth-order valence-corrected chi connectivity index (χ4v) is 6.75. The topological polar surface area (TPSA) is 63.7 Å². The zero-order valence-corrected chi connectivity index (χ0v) is 19.2. The molecule has 1 saturated heterocycles. The summed E-state index contributed by atoms with van der Waals surface area (Å²) in [7, 11) is 0. The molecule has 1 heterocycles. The van der Waals surface area contributed by atoms with E-state index in [1.54, 1.807) is 31.2 Å². The van der Waals surface area contributed by atoms with Gasteiger partial charge in [-0.05, 0) is 59.9 Å². The van der Waals surface area contributed by atoms with Gasteiger partial charge in [0.25, 0.3) is 0 Å². The number of ether oxygens (including phenoxy) is 1. The van der Waals surface area contributed by atoms with Gasteiger partial charge in [-0.25, -0.2) is 9.69 Å². The Morgan fingerprint density at radius 2 is 1.44 bits per heavy atom. The first-order chi connectivity index (χ1) is 16.5. The van der Waals surface area contributed by atoms with Crippen molar-refractivity contribution in [2.24, 2.45) is 11.8 Å². The van der Waals surface area contributed by atoms with Gasteiger partial charge >= 0.3 is 5.97 Å². The first-order valence-electron chi connectivity index (χ1n) is 11.9. The molecule has 1 aliphatic heterocycles. The van der Waals surface area contributed by atoms with E-state index in [2.05, 4.69) is 31.2 Å². The average Bonchev–Trinajstić information content (AvgIpc) is 3.15. The molecule has 1 fully saturated rings. The number of benzene rings is 3. The lowest BCUT2D eigenvalue weighted by Crippen LogP contribution is -2.53. The Morgan fingerprint density at radius 1 is 0.853 bits per heavy atom. The van der Waals surface area contributed by atoms with Crippen LogP contribution in [0.2, 0.25) is 0 Å². The molecule has 2 amide bonds. The maximum absolute atomic E-state index is 14.1. The first-order valence-corrected chi connectivity index (χ1v) is 11.9. The second-order valence-corrected chi connectivity index (χ2v) is 9.26. The Morgan fingerprint density at radius 3 is 2.00 bits per heavy atom. The van der Waals surface area contributed by atoms with Crippen molar-refractivity contribution in [3.63, 3.8) is 0 Å². The van der Waals surface area contributed by atoms with E-state index in [1.165, 1.54) is 16.0 Å². The van der Waals surface area contributed by atoms with Gasteiger partial charge in [-0.2, -0.15) is 0 Å². The minimum Gasteiger partial charge on any atom is -0.462 e. The van der Waals surface area contributed by atoms with Crippen LogP contribution in [0.4, 0.5) is 5.69 Å². The van der Waals surface area contributed by atoms with E-state index in [-0.39, 0.29) is 24.3 Å². The van der Waals surface area contributed by atoms with Gasteiger partial charge < -0.3 is 4.74 Å². The highest BCUT2D eigenvalue weighted by molar-refractivity contribution is 6.23. The van der Waals surface area contributed by atoms with Crippen molar-refractivity contribution in [2.45, 2.75) is 31.6 Å². The fourth-order valence-electron chi connectivity index (χ4n) is 6.75. The van der Waals surface area contributed by atoms with E-state index in [0.717, 1.165) is 17.5 Å². The van der Waals surface area contributed by atoms with Crippen molar-refractivity contribution in [2.75, 3.05) is 11.5 Å². The molecule has 0 N–H and O–H groups in total. The van der Waals surface area contributed by atoms with Gasteiger partial charge in [0, 0.05) is 11.3 Å². The van der Waals surface area contributed by atoms with Gasteiger partial charge in [0.2, 0.25) is 11.8 Å². The molecule has 170 valence electrons. The SMILES string of the molecule is CCOC(=O)c1ccc(N2C(=O)[C@@H]3[C@@H](C2=O)C2c4ccccc4C3(CC)c3ccccc32)cc1. The van der Waals surface area contributed by atoms with Crippen molar-refractivity contribution in [3.8, 4) is 0 Å². The summed E-state index contributed by atoms with van der Waals surface area (Å²) in [5.41, 5.74) is 5.00. The Hall–Kier alpha value is -3.73. The number of carbonyl (C=O) groups is 3. The zero-order valence-electron chi connectivity index (χ0n) is 19.2. The molecule has 4 aliphatic rings. The van der Waals surface area contributed by atoms with Crippen LogP contribution < -0.4 is 4.90 Å². The normalized spacial score (nSPS) is 26.2. The van der Waals surface area contributed by atoms with E-state index in [0.29, 0.717) is 11.3 Å². The molecule has 7 rings (SSSR count). The van der Waals surface area contributed by atoms with Crippen LogP contribution in [0, 0.1) is 11.8 Å². The van der Waals surface area contributed by atoms with Gasteiger partial charge in [-0.3, -0.25) is 9.59 Å². The fraction of sp³-hybridized carbons (Fsp3) is 0.276. The van der Waals surface area contributed by atoms with Crippen molar-refractivity contribution < 1.29 is 19.1 Å². The third-order valence-corrected chi connectivity index (χ3v) is 7.99. The van der Waals surface area contributed by atoms with Crippen LogP contribution in [0.25, 0.3) is 0 Å². The predicted molar refractivity (Wildman–Crippen MR) is 128 cm³/mol. The molecule has 0 radical (unpaired) electrons. The summed E-state index contributed by atoms with van der Waals surface area (Å²) in [6.45, 7) is 4.16. The van der Waals surface area contributed by atoms with Crippen LogP contribution in [0.15, 0.2) is 72.8 Å². The minimum atomic E-state index is -0.543. The number of carbonyl (C=O) groups excluding carboxylic acids is 3. The Balaban J connectivity index is 1.50. The lowest BCUT2D eigenvalue weighted by molar-refractivity contribution is -0.123. The number of nitrogens with zero attached hydrogens (tertiary/aromatic N) is 1. The summed E-state index contributed by atoms with van der Waals surface area (Å²) in [5, 5.41) is 0. The third kappa shape index (κ3) is 2.47. The van der Waals surface area contributed by atoms with Crippen molar-refractivity contribution in [3.05, 3.63) is 101 Å². The minimum absolute atomic E-state index is 0.147. The van der Waals surface area contributed by atoms with Crippen LogP contribution in [-0.2, 0) is 19.7 Å². The number of anilines is 1. The molecule has 2 bridgehead atoms. The molecule has 0 aromatic heterocycles. The van der Waals surface area contributed by atoms with Gasteiger partial charge in [0.15, 0.2) is 0 Å². The predicted octanol–water partition coefficient (Wildman–Crippen LogP) is 4.82. The lowest BCUT2D eigenvalue weighted by atomic mass is 9.46. The summed E-state index contributed by atoms with van der Waals surface area (Å²) in [6.07, 6.45) is 0.726. The van der Waals surface area contributed by atoms with E-state index in [1.807, 2.05) is 24.3 Å². The Labute approximate surface area is 198 Å². The zero-order chi connectivity index (χ0) is 23.6. The number of hydrogen-bond donors (Lipinski definition) is 0. The third-order valence-electron chi connectivity index (χ3n) is 7.99. The average molecular weight is 452 g/mol. The van der Waals surface area contributed by atoms with Crippen LogP contribution >= 0.6 is 0 Å². The standard InChI is InChI=1S/C29H25NO4/c1-3-29-21-11-7-5-9-19(21)23(20-10-6-8-12-22(20)29)24-25(29)27(32)30(26(24)31)18-15-13-17(14-16-18)28(33)34-4-2/h5-16,23-25H,3-4H2,1-2H3/t23?,24-,25-,29?/m0/s1. The first kappa shape index (κ1) is 20.8. The second kappa shape index (κ2) is 7.39. The van der Waals surface area contributed by atoms with Gasteiger partial charge in [-0.15, -0.1) is 0 Å². The highest BCUT2D eigenvalue weighted by Crippen LogP contribution is 2.65. The Bertz CT molecular complexity index is 1290. The molecule has 2 atom stereocenters. The molecule has 0 spiro atoms. The molecule has 3 aromatic carbocycles. The van der Waals surface area contributed by atoms with Crippen LogP contribution in [0.3, 0.4) is 0 Å². The number of hydrogen-bond acceptors (Lipinski definition) is 4. The molecule has 34 heavy (non-hydrogen) atoms. The Kier molecular flexibility index (Phi) is 4.53. The molecular weight excluding hydrogens is 426 g/mol. The maximum atomic E-state index is 14.1. The summed E-state index contributed by atoms with van der Waals surface area (Å²) in [5.74, 6) is -1.78. The molecule has 5 nitrogen and oxygen atoms in total. The van der Waals surface area contributed by atoms with Crippen molar-refractivity contribution in [1.82, 2.24) is 0 Å². The molecule has 0 saturated carbocycles. The summed E-state index contributed by atoms with van der Waals surface area (Å²) in [6, 6.07) is 23.2. The van der Waals surface area contributed by atoms with E-state index in [9.17, 15) is 14.4 Å². The highest BCUT2D eigenvalue weighted by Gasteiger charge is 2.67. The molecule has 0 unspecified atom stereocenters. The maximum Gasteiger partial charge on any atom is 0.338 e. The number of imide groups is 1. The van der Waals surface area contributed by atoms with Gasteiger partial charge in [0.1, 0.15) is 0 Å². The monoisotopic (exact) mass is 451 g/mol. The molecule has 3 aromatic rings. The smallest absolute Gasteiger partial charge is 0.338 e. The summed E-state index contributed by atoms with van der Waals surface area (Å²) >= 11 is 0. The number of amides is 2. The van der Waals surface area contributed by atoms with Crippen LogP contribution in [0.5, 0.6) is 0 Å². The van der Waals surface area contributed by atoms with Gasteiger partial charge in [0.05, 0.1) is 29.7 Å². The van der Waals surface area contributed by atoms with E-state index < -0.39 is 23.2 Å². The number of esters is 1. The van der Waals surface area contributed by atoms with E-state index in [4.69, 9.17) is 4.74 Å². The molecule has 5 heteroatoms. The van der Waals surface area contributed by atoms with Gasteiger partial charge in [-0.1, -0.05) is 55.5 Å². The van der Waals surface area contributed by atoms with Crippen LogP contribution in [-0.4, -0.2) is 24.4 Å². The quantitative estimate of drug-likeness (QED) is 0.421. The van der Waals surface area contributed by atoms with Crippen molar-refractivity contribution in [1.29, 1.82) is 0 Å². The molecular formula is C29H25NO4. The largest absolute Gasteiger partial charge is 0.462 e. The lowest BCUT2D eigenvalue weighted by Gasteiger charge is -2.54. The summed E-state index contributed by atoms with van der Waals surface area (Å²) in [4.78, 5) is 41.4. The molecule has 3 aliphatic carbocycles. The number of rotatable bonds is 4. The van der Waals surface area contributed by atoms with E-state index >= 15 is 0 Å². The van der Waals surface area contributed by atoms with Crippen LogP contribution in [0.1, 0.15) is 58.8 Å². The summed E-state index contributed by atoms with van der Waals surface area (Å²) < 4.78 is 5.06.